The first kappa shape index (κ1) is 80.1. The molecule has 1 N–H and O–H groups in total. The van der Waals surface area contributed by atoms with Crippen LogP contribution in [0.25, 0.3) is 0 Å². The maximum absolute atomic E-state index is 13.1. The van der Waals surface area contributed by atoms with Gasteiger partial charge in [-0.05, 0) is 32.6 Å². The Morgan fingerprint density at radius 3 is 0.733 bits per heavy atom. The summed E-state index contributed by atoms with van der Waals surface area (Å²) in [6.07, 6.45) is 77.7. The first-order valence-corrected chi connectivity index (χ1v) is 35.7. The molecule has 0 fully saturated rings. The molecular formula is C68H139NaO5S. The van der Waals surface area contributed by atoms with E-state index in [4.69, 9.17) is 13.5 Å². The van der Waals surface area contributed by atoms with E-state index >= 15 is 0 Å². The van der Waals surface area contributed by atoms with Gasteiger partial charge >= 0.3 is 40.0 Å². The molecule has 0 saturated carbocycles. The van der Waals surface area contributed by atoms with E-state index < -0.39 is 10.4 Å². The van der Waals surface area contributed by atoms with Gasteiger partial charge in [-0.1, -0.05) is 374 Å². The minimum atomic E-state index is -4.00. The van der Waals surface area contributed by atoms with Crippen LogP contribution in [0.4, 0.5) is 0 Å². The second-order valence-corrected chi connectivity index (χ2v) is 24.9. The van der Waals surface area contributed by atoms with Gasteiger partial charge in [0.1, 0.15) is 0 Å². The molecule has 0 bridgehead atoms. The van der Waals surface area contributed by atoms with Crippen molar-refractivity contribution in [1.82, 2.24) is 0 Å². The molecule has 0 radical (unpaired) electrons. The first-order chi connectivity index (χ1) is 36.4. The average molecular weight is 1090 g/mol. The standard InChI is InChI=1S/C52H106O5S.C16H33.Na/c1-4-6-8-10-12-14-16-18-20-25-29-33-37-41-45-49-52(48-44-40-36-32-28-24-19-17-15-13-11-9-7-5-2)57-58(54,55)56-51(3)47-43-39-35-31-27-23-21-22-26-30-34-38-42-46-50-53;1-3-5-7-9-11-13-15-16-14-12-10-8-6-4-2;/h51-53H,4-50H2,1-3H3;1,3-16H2,2H3;/q;-1;+1. The third-order valence-electron chi connectivity index (χ3n) is 15.9. The Balaban J connectivity index is -0.00000260. The number of aliphatic hydroxyl groups is 1. The Morgan fingerprint density at radius 1 is 0.307 bits per heavy atom. The Morgan fingerprint density at radius 2 is 0.507 bits per heavy atom. The predicted octanol–water partition coefficient (Wildman–Crippen LogP) is 21.3. The van der Waals surface area contributed by atoms with Crippen molar-refractivity contribution in [3.63, 3.8) is 0 Å². The molecule has 0 aliphatic heterocycles. The Bertz CT molecular complexity index is 1080. The second kappa shape index (κ2) is 70.9. The Hall–Kier alpha value is 0.830. The third kappa shape index (κ3) is 72.8. The van der Waals surface area contributed by atoms with Gasteiger partial charge in [0.05, 0.1) is 12.2 Å². The molecule has 0 rings (SSSR count). The summed E-state index contributed by atoms with van der Waals surface area (Å²) in [5.41, 5.74) is 0. The van der Waals surface area contributed by atoms with Gasteiger partial charge in [0, 0.05) is 6.61 Å². The van der Waals surface area contributed by atoms with E-state index in [0.717, 1.165) is 57.8 Å². The zero-order valence-electron chi connectivity index (χ0n) is 52.5. The van der Waals surface area contributed by atoms with E-state index in [1.807, 2.05) is 6.92 Å². The summed E-state index contributed by atoms with van der Waals surface area (Å²) >= 11 is 0. The number of hydrogen-bond donors (Lipinski definition) is 1. The van der Waals surface area contributed by atoms with Gasteiger partial charge in [-0.25, -0.2) is 8.37 Å². The molecule has 2 unspecified atom stereocenters. The molecule has 2 atom stereocenters. The number of aliphatic hydroxyl groups excluding tert-OH is 1. The van der Waals surface area contributed by atoms with Crippen LogP contribution in [0.2, 0.25) is 0 Å². The maximum atomic E-state index is 13.1. The van der Waals surface area contributed by atoms with E-state index in [-0.39, 0.29) is 41.8 Å². The molecule has 5 nitrogen and oxygen atoms in total. The molecule has 448 valence electrons. The van der Waals surface area contributed by atoms with Crippen LogP contribution in [0.3, 0.4) is 0 Å². The topological polar surface area (TPSA) is 72.8 Å². The van der Waals surface area contributed by atoms with E-state index in [1.54, 1.807) is 0 Å². The smallest absolute Gasteiger partial charge is 0.396 e. The van der Waals surface area contributed by atoms with Crippen LogP contribution in [0.15, 0.2) is 0 Å². The molecular weight excluding hydrogens is 952 g/mol. The largest absolute Gasteiger partial charge is 1.00 e. The summed E-state index contributed by atoms with van der Waals surface area (Å²) in [6, 6.07) is 0. The van der Waals surface area contributed by atoms with Crippen molar-refractivity contribution in [2.45, 2.75) is 425 Å². The Labute approximate surface area is 497 Å². The molecule has 0 saturated heterocycles. The minimum Gasteiger partial charge on any atom is -0.396 e. The van der Waals surface area contributed by atoms with Gasteiger partial charge in [-0.15, -0.1) is 0 Å². The number of hydrogen-bond acceptors (Lipinski definition) is 5. The van der Waals surface area contributed by atoms with Crippen molar-refractivity contribution in [3.05, 3.63) is 6.92 Å². The van der Waals surface area contributed by atoms with Crippen molar-refractivity contribution in [3.8, 4) is 0 Å². The van der Waals surface area contributed by atoms with Crippen LogP contribution in [-0.2, 0) is 18.8 Å². The van der Waals surface area contributed by atoms with Crippen LogP contribution in [0.1, 0.15) is 413 Å². The van der Waals surface area contributed by atoms with E-state index in [1.165, 1.54) is 327 Å². The van der Waals surface area contributed by atoms with Crippen molar-refractivity contribution in [2.75, 3.05) is 6.61 Å². The van der Waals surface area contributed by atoms with Crippen LogP contribution < -0.4 is 29.6 Å². The fourth-order valence-electron chi connectivity index (χ4n) is 10.8. The molecule has 0 heterocycles. The molecule has 7 heteroatoms. The van der Waals surface area contributed by atoms with Gasteiger partial charge in [0.25, 0.3) is 0 Å². The van der Waals surface area contributed by atoms with Gasteiger partial charge in [0.2, 0.25) is 0 Å². The minimum absolute atomic E-state index is 0. The monoisotopic (exact) mass is 1090 g/mol. The summed E-state index contributed by atoms with van der Waals surface area (Å²) in [6.45, 7) is 13.0. The maximum Gasteiger partial charge on any atom is 1.00 e. The van der Waals surface area contributed by atoms with Crippen molar-refractivity contribution < 1.29 is 51.4 Å². The van der Waals surface area contributed by atoms with E-state index in [2.05, 4.69) is 27.7 Å². The van der Waals surface area contributed by atoms with Gasteiger partial charge in [-0.3, -0.25) is 0 Å². The summed E-state index contributed by atoms with van der Waals surface area (Å²) in [7, 11) is -4.00. The van der Waals surface area contributed by atoms with Crippen LogP contribution in [0.5, 0.6) is 0 Å². The van der Waals surface area contributed by atoms with Crippen molar-refractivity contribution in [1.29, 1.82) is 0 Å². The number of unbranched alkanes of at least 4 members (excludes halogenated alkanes) is 53. The van der Waals surface area contributed by atoms with Crippen LogP contribution >= 0.6 is 0 Å². The fourth-order valence-corrected chi connectivity index (χ4v) is 11.9. The Kier molecular flexibility index (Phi) is 75.7. The summed E-state index contributed by atoms with van der Waals surface area (Å²) < 4.78 is 37.5. The van der Waals surface area contributed by atoms with E-state index in [9.17, 15) is 8.42 Å². The molecule has 0 aromatic heterocycles. The molecule has 0 spiro atoms. The summed E-state index contributed by atoms with van der Waals surface area (Å²) in [4.78, 5) is 0. The molecule has 0 aliphatic rings. The quantitative estimate of drug-likeness (QED) is 0.0373. The fraction of sp³-hybridized carbons (Fsp3) is 0.985. The zero-order valence-corrected chi connectivity index (χ0v) is 55.3. The molecule has 0 aromatic carbocycles. The zero-order chi connectivity index (χ0) is 54.2. The van der Waals surface area contributed by atoms with Crippen molar-refractivity contribution in [2.24, 2.45) is 0 Å². The van der Waals surface area contributed by atoms with Crippen LogP contribution in [0, 0.1) is 6.92 Å². The molecule has 0 aromatic rings. The SMILES string of the molecule is CCCCCCCCCCCCCCCCCC(CCCCCCCCCCCCCCCC)OS(=O)(=O)OC(C)CCCCCCCCCCCCCCCCO.[CH2-]CCCCCCCCCCCCCCC.[Na+]. The van der Waals surface area contributed by atoms with Gasteiger partial charge in [0.15, 0.2) is 0 Å². The first-order valence-electron chi connectivity index (χ1n) is 34.4. The van der Waals surface area contributed by atoms with E-state index in [0.29, 0.717) is 6.61 Å². The average Bonchev–Trinajstić information content (AvgIpc) is 3.38. The third-order valence-corrected chi connectivity index (χ3v) is 17.0. The van der Waals surface area contributed by atoms with Gasteiger partial charge in [-0.2, -0.15) is 14.8 Å². The normalized spacial score (nSPS) is 12.5. The molecule has 0 amide bonds. The number of rotatable bonds is 64. The summed E-state index contributed by atoms with van der Waals surface area (Å²) in [5.74, 6) is 0. The molecule has 0 aliphatic carbocycles. The summed E-state index contributed by atoms with van der Waals surface area (Å²) in [5, 5.41) is 8.87. The van der Waals surface area contributed by atoms with Gasteiger partial charge < -0.3 is 12.0 Å². The van der Waals surface area contributed by atoms with Crippen molar-refractivity contribution >= 4 is 10.4 Å². The second-order valence-electron chi connectivity index (χ2n) is 23.7. The van der Waals surface area contributed by atoms with Crippen LogP contribution in [-0.4, -0.2) is 32.3 Å². The molecule has 75 heavy (non-hydrogen) atoms. The predicted molar refractivity (Wildman–Crippen MR) is 331 cm³/mol.